The van der Waals surface area contributed by atoms with Crippen LogP contribution in [0.2, 0.25) is 0 Å². The van der Waals surface area contributed by atoms with Gasteiger partial charge in [0.1, 0.15) is 0 Å². The highest BCUT2D eigenvalue weighted by molar-refractivity contribution is 9.10. The topological polar surface area (TPSA) is 12.0 Å². The maximum atomic E-state index is 3.60. The monoisotopic (exact) mass is 253 g/mol. The fourth-order valence-corrected chi connectivity index (χ4v) is 2.21. The second kappa shape index (κ2) is 4.03. The highest BCUT2D eigenvalue weighted by Crippen LogP contribution is 2.24. The SMILES string of the molecule is Cc1cc(CC2CNC2)cc(C)c1Br. The summed E-state index contributed by atoms with van der Waals surface area (Å²) in [6.45, 7) is 6.71. The fourth-order valence-electron chi connectivity index (χ4n) is 1.98. The molecule has 1 heterocycles. The third-order valence-electron chi connectivity index (χ3n) is 2.89. The lowest BCUT2D eigenvalue weighted by Crippen LogP contribution is -2.43. The second-order valence-electron chi connectivity index (χ2n) is 4.27. The summed E-state index contributed by atoms with van der Waals surface area (Å²) >= 11 is 3.60. The van der Waals surface area contributed by atoms with E-state index in [1.165, 1.54) is 40.7 Å². The van der Waals surface area contributed by atoms with Crippen LogP contribution in [0.5, 0.6) is 0 Å². The number of benzene rings is 1. The summed E-state index contributed by atoms with van der Waals surface area (Å²) < 4.78 is 1.26. The van der Waals surface area contributed by atoms with Crippen molar-refractivity contribution in [3.05, 3.63) is 33.3 Å². The van der Waals surface area contributed by atoms with Gasteiger partial charge in [0.2, 0.25) is 0 Å². The Labute approximate surface area is 94.0 Å². The molecule has 1 aliphatic heterocycles. The fraction of sp³-hybridized carbons (Fsp3) is 0.500. The minimum Gasteiger partial charge on any atom is -0.316 e. The van der Waals surface area contributed by atoms with E-state index in [-0.39, 0.29) is 0 Å². The molecule has 76 valence electrons. The van der Waals surface area contributed by atoms with Crippen molar-refractivity contribution >= 4 is 15.9 Å². The van der Waals surface area contributed by atoms with E-state index in [9.17, 15) is 0 Å². The molecule has 0 unspecified atom stereocenters. The van der Waals surface area contributed by atoms with Crippen LogP contribution in [-0.2, 0) is 6.42 Å². The summed E-state index contributed by atoms with van der Waals surface area (Å²) in [5.41, 5.74) is 4.19. The van der Waals surface area contributed by atoms with E-state index in [1.807, 2.05) is 0 Å². The number of halogens is 1. The first kappa shape index (κ1) is 10.2. The van der Waals surface area contributed by atoms with Crippen molar-refractivity contribution in [2.45, 2.75) is 20.3 Å². The molecule has 1 saturated heterocycles. The van der Waals surface area contributed by atoms with E-state index in [1.54, 1.807) is 0 Å². The van der Waals surface area contributed by atoms with Crippen molar-refractivity contribution in [2.75, 3.05) is 13.1 Å². The van der Waals surface area contributed by atoms with Crippen LogP contribution in [-0.4, -0.2) is 13.1 Å². The molecule has 0 aromatic heterocycles. The molecule has 14 heavy (non-hydrogen) atoms. The summed E-state index contributed by atoms with van der Waals surface area (Å²) in [4.78, 5) is 0. The number of rotatable bonds is 2. The molecule has 0 aliphatic carbocycles. The second-order valence-corrected chi connectivity index (χ2v) is 5.06. The third-order valence-corrected chi connectivity index (χ3v) is 4.14. The number of hydrogen-bond donors (Lipinski definition) is 1. The zero-order chi connectivity index (χ0) is 10.1. The molecule has 0 radical (unpaired) electrons. The third kappa shape index (κ3) is 2.01. The number of nitrogens with one attached hydrogen (secondary N) is 1. The Morgan fingerprint density at radius 1 is 1.29 bits per heavy atom. The molecule has 1 aromatic carbocycles. The molecule has 1 aliphatic rings. The van der Waals surface area contributed by atoms with Gasteiger partial charge >= 0.3 is 0 Å². The molecule has 0 saturated carbocycles. The maximum Gasteiger partial charge on any atom is 0.0233 e. The minimum atomic E-state index is 0.856. The molecule has 0 amide bonds. The van der Waals surface area contributed by atoms with Crippen molar-refractivity contribution in [2.24, 2.45) is 5.92 Å². The van der Waals surface area contributed by atoms with Crippen molar-refractivity contribution < 1.29 is 0 Å². The van der Waals surface area contributed by atoms with Crippen LogP contribution in [0, 0.1) is 19.8 Å². The standard InChI is InChI=1S/C12H16BrN/c1-8-3-10(4-9(2)12(8)13)5-11-6-14-7-11/h3-4,11,14H,5-7H2,1-2H3. The molecule has 1 N–H and O–H groups in total. The molecule has 0 bridgehead atoms. The summed E-state index contributed by atoms with van der Waals surface area (Å²) in [5, 5.41) is 3.31. The lowest BCUT2D eigenvalue weighted by molar-refractivity contribution is 0.346. The normalized spacial score (nSPS) is 16.8. The van der Waals surface area contributed by atoms with Gasteiger partial charge in [-0.2, -0.15) is 0 Å². The Kier molecular flexibility index (Phi) is 2.93. The van der Waals surface area contributed by atoms with Gasteiger partial charge in [-0.05, 0) is 56.0 Å². The number of hydrogen-bond acceptors (Lipinski definition) is 1. The lowest BCUT2D eigenvalue weighted by Gasteiger charge is -2.27. The van der Waals surface area contributed by atoms with Gasteiger partial charge in [-0.1, -0.05) is 28.1 Å². The summed E-state index contributed by atoms with van der Waals surface area (Å²) in [5.74, 6) is 0.856. The van der Waals surface area contributed by atoms with Crippen LogP contribution in [0.3, 0.4) is 0 Å². The molecular weight excluding hydrogens is 238 g/mol. The van der Waals surface area contributed by atoms with Gasteiger partial charge in [-0.25, -0.2) is 0 Å². The number of aryl methyl sites for hydroxylation is 2. The van der Waals surface area contributed by atoms with Gasteiger partial charge < -0.3 is 5.32 Å². The Bertz CT molecular complexity index is 319. The highest BCUT2D eigenvalue weighted by Gasteiger charge is 2.17. The van der Waals surface area contributed by atoms with E-state index in [2.05, 4.69) is 47.2 Å². The van der Waals surface area contributed by atoms with Gasteiger partial charge in [0.05, 0.1) is 0 Å². The molecule has 2 rings (SSSR count). The van der Waals surface area contributed by atoms with E-state index in [0.29, 0.717) is 0 Å². The Hall–Kier alpha value is -0.340. The Balaban J connectivity index is 2.17. The van der Waals surface area contributed by atoms with Crippen molar-refractivity contribution in [1.82, 2.24) is 5.32 Å². The van der Waals surface area contributed by atoms with Crippen LogP contribution < -0.4 is 5.32 Å². The van der Waals surface area contributed by atoms with Gasteiger partial charge in [-0.15, -0.1) is 0 Å². The van der Waals surface area contributed by atoms with Crippen LogP contribution in [0.1, 0.15) is 16.7 Å². The first-order chi connectivity index (χ1) is 6.66. The largest absolute Gasteiger partial charge is 0.316 e. The van der Waals surface area contributed by atoms with Gasteiger partial charge in [0.15, 0.2) is 0 Å². The van der Waals surface area contributed by atoms with Crippen molar-refractivity contribution in [3.63, 3.8) is 0 Å². The van der Waals surface area contributed by atoms with Crippen LogP contribution in [0.15, 0.2) is 16.6 Å². The van der Waals surface area contributed by atoms with Crippen molar-refractivity contribution in [1.29, 1.82) is 0 Å². The Morgan fingerprint density at radius 2 is 1.86 bits per heavy atom. The van der Waals surface area contributed by atoms with Crippen molar-refractivity contribution in [3.8, 4) is 0 Å². The van der Waals surface area contributed by atoms with Gasteiger partial charge in [0, 0.05) is 4.47 Å². The average molecular weight is 254 g/mol. The lowest BCUT2D eigenvalue weighted by atomic mass is 9.93. The highest BCUT2D eigenvalue weighted by atomic mass is 79.9. The van der Waals surface area contributed by atoms with Gasteiger partial charge in [0.25, 0.3) is 0 Å². The predicted molar refractivity (Wildman–Crippen MR) is 63.7 cm³/mol. The van der Waals surface area contributed by atoms with E-state index >= 15 is 0 Å². The minimum absolute atomic E-state index is 0.856. The molecular formula is C12H16BrN. The van der Waals surface area contributed by atoms with E-state index in [4.69, 9.17) is 0 Å². The summed E-state index contributed by atoms with van der Waals surface area (Å²) in [6.07, 6.45) is 1.22. The first-order valence-electron chi connectivity index (χ1n) is 5.13. The zero-order valence-electron chi connectivity index (χ0n) is 8.73. The van der Waals surface area contributed by atoms with E-state index < -0.39 is 0 Å². The molecule has 1 fully saturated rings. The average Bonchev–Trinajstić information content (AvgIpc) is 2.07. The van der Waals surface area contributed by atoms with Crippen LogP contribution >= 0.6 is 15.9 Å². The molecule has 2 heteroatoms. The van der Waals surface area contributed by atoms with E-state index in [0.717, 1.165) is 5.92 Å². The van der Waals surface area contributed by atoms with Crippen LogP contribution in [0.4, 0.5) is 0 Å². The first-order valence-corrected chi connectivity index (χ1v) is 5.92. The Morgan fingerprint density at radius 3 is 2.29 bits per heavy atom. The molecule has 0 spiro atoms. The zero-order valence-corrected chi connectivity index (χ0v) is 10.3. The molecule has 1 aromatic rings. The van der Waals surface area contributed by atoms with Crippen LogP contribution in [0.25, 0.3) is 0 Å². The smallest absolute Gasteiger partial charge is 0.0233 e. The molecule has 1 nitrogen and oxygen atoms in total. The molecule has 0 atom stereocenters. The quantitative estimate of drug-likeness (QED) is 0.855. The summed E-state index contributed by atoms with van der Waals surface area (Å²) in [7, 11) is 0. The summed E-state index contributed by atoms with van der Waals surface area (Å²) in [6, 6.07) is 4.60. The van der Waals surface area contributed by atoms with Gasteiger partial charge in [-0.3, -0.25) is 0 Å². The predicted octanol–water partition coefficient (Wildman–Crippen LogP) is 2.83. The maximum absolute atomic E-state index is 3.60.